The molecule has 0 spiro atoms. The molecule has 3 rings (SSSR count). The summed E-state index contributed by atoms with van der Waals surface area (Å²) < 4.78 is 22.2. The molecule has 0 amide bonds. The van der Waals surface area contributed by atoms with Crippen LogP contribution in [0.2, 0.25) is 0 Å². The Labute approximate surface area is 150 Å². The quantitative estimate of drug-likeness (QED) is 0.817. The van der Waals surface area contributed by atoms with E-state index in [1.807, 2.05) is 0 Å². The first-order valence-electron chi connectivity index (χ1n) is 8.80. The maximum absolute atomic E-state index is 14.9. The lowest BCUT2D eigenvalue weighted by Crippen LogP contribution is -2.23. The fourth-order valence-corrected chi connectivity index (χ4v) is 3.29. The van der Waals surface area contributed by atoms with E-state index >= 15 is 0 Å². The van der Waals surface area contributed by atoms with Gasteiger partial charge in [0.15, 0.2) is 11.6 Å². The number of hydrogen-bond acceptors (Lipinski definition) is 4. The summed E-state index contributed by atoms with van der Waals surface area (Å²) in [5, 5.41) is 9.38. The van der Waals surface area contributed by atoms with E-state index < -0.39 is 17.2 Å². The number of aromatic nitrogens is 1. The molecule has 0 radical (unpaired) electrons. The van der Waals surface area contributed by atoms with Gasteiger partial charge in [0.05, 0.1) is 18.0 Å². The van der Waals surface area contributed by atoms with Crippen molar-refractivity contribution in [3.05, 3.63) is 33.9 Å². The molecule has 0 aliphatic heterocycles. The number of hydrogen-bond donors (Lipinski definition) is 1. The van der Waals surface area contributed by atoms with Crippen molar-refractivity contribution < 1.29 is 19.0 Å². The molecule has 1 aromatic carbocycles. The second-order valence-corrected chi connectivity index (χ2v) is 6.73. The second kappa shape index (κ2) is 6.97. The minimum Gasteiger partial charge on any atom is -0.492 e. The summed E-state index contributed by atoms with van der Waals surface area (Å²) >= 11 is 0. The number of unbranched alkanes of at least 4 members (excludes halogenated alkanes) is 1. The number of anilines is 1. The van der Waals surface area contributed by atoms with Gasteiger partial charge in [0.25, 0.3) is 0 Å². The number of aromatic carboxylic acids is 1. The van der Waals surface area contributed by atoms with Crippen LogP contribution in [-0.4, -0.2) is 36.3 Å². The molecule has 1 fully saturated rings. The third-order valence-electron chi connectivity index (χ3n) is 4.80. The number of carboxylic acids is 1. The standard InChI is InChI=1S/C19H23FN2O4/c1-4-5-8-21(2)16-14(20)9-12-15(18(16)26-3)22(11-6-7-11)10-13(17(12)23)19(24)25/h9-11H,4-8H2,1-3H3,(H,24,25). The molecule has 1 aliphatic rings. The number of benzene rings is 1. The van der Waals surface area contributed by atoms with Crippen LogP contribution in [0, 0.1) is 5.82 Å². The zero-order valence-corrected chi connectivity index (χ0v) is 15.2. The van der Waals surface area contributed by atoms with Crippen molar-refractivity contribution in [3.63, 3.8) is 0 Å². The lowest BCUT2D eigenvalue weighted by Gasteiger charge is -2.24. The van der Waals surface area contributed by atoms with Gasteiger partial charge in [-0.2, -0.15) is 0 Å². The smallest absolute Gasteiger partial charge is 0.341 e. The number of pyridine rings is 1. The monoisotopic (exact) mass is 362 g/mol. The zero-order chi connectivity index (χ0) is 19.0. The molecule has 26 heavy (non-hydrogen) atoms. The molecular formula is C19H23FN2O4. The highest BCUT2D eigenvalue weighted by atomic mass is 19.1. The molecule has 140 valence electrons. The van der Waals surface area contributed by atoms with E-state index in [1.165, 1.54) is 13.3 Å². The van der Waals surface area contributed by atoms with Crippen LogP contribution in [0.5, 0.6) is 5.75 Å². The Morgan fingerprint density at radius 2 is 2.15 bits per heavy atom. The molecular weight excluding hydrogens is 339 g/mol. The first-order valence-corrected chi connectivity index (χ1v) is 8.80. The van der Waals surface area contributed by atoms with E-state index in [4.69, 9.17) is 4.74 Å². The molecule has 1 aromatic heterocycles. The van der Waals surface area contributed by atoms with Crippen LogP contribution < -0.4 is 15.1 Å². The Kier molecular flexibility index (Phi) is 4.89. The van der Waals surface area contributed by atoms with Crippen molar-refractivity contribution in [2.24, 2.45) is 0 Å². The van der Waals surface area contributed by atoms with Crippen molar-refractivity contribution in [2.75, 3.05) is 25.6 Å². The second-order valence-electron chi connectivity index (χ2n) is 6.73. The number of halogens is 1. The summed E-state index contributed by atoms with van der Waals surface area (Å²) in [6.45, 7) is 2.70. The maximum atomic E-state index is 14.9. The Morgan fingerprint density at radius 3 is 2.69 bits per heavy atom. The van der Waals surface area contributed by atoms with Gasteiger partial charge in [-0.25, -0.2) is 9.18 Å². The Balaban J connectivity index is 2.35. The Hall–Kier alpha value is -2.57. The third-order valence-corrected chi connectivity index (χ3v) is 4.80. The van der Waals surface area contributed by atoms with Crippen molar-refractivity contribution in [1.82, 2.24) is 4.57 Å². The molecule has 0 atom stereocenters. The molecule has 1 heterocycles. The summed E-state index contributed by atoms with van der Waals surface area (Å²) in [7, 11) is 3.23. The summed E-state index contributed by atoms with van der Waals surface area (Å²) in [5.74, 6) is -1.62. The molecule has 6 nitrogen and oxygen atoms in total. The van der Waals surface area contributed by atoms with Gasteiger partial charge in [0.1, 0.15) is 11.3 Å². The van der Waals surface area contributed by atoms with Gasteiger partial charge >= 0.3 is 5.97 Å². The normalized spacial score (nSPS) is 13.8. The van der Waals surface area contributed by atoms with Crippen LogP contribution in [0.4, 0.5) is 10.1 Å². The van der Waals surface area contributed by atoms with Crippen LogP contribution in [-0.2, 0) is 0 Å². The summed E-state index contributed by atoms with van der Waals surface area (Å²) in [6, 6.07) is 1.24. The molecule has 2 aromatic rings. The average Bonchev–Trinajstić information content (AvgIpc) is 3.44. The SMILES string of the molecule is CCCCN(C)c1c(F)cc2c(=O)c(C(=O)O)cn(C3CC3)c2c1OC. The van der Waals surface area contributed by atoms with Crippen LogP contribution in [0.25, 0.3) is 10.9 Å². The van der Waals surface area contributed by atoms with Gasteiger partial charge in [-0.15, -0.1) is 0 Å². The molecule has 0 unspecified atom stereocenters. The van der Waals surface area contributed by atoms with Gasteiger partial charge in [0, 0.05) is 25.8 Å². The molecule has 0 saturated heterocycles. The molecule has 1 saturated carbocycles. The molecule has 0 bridgehead atoms. The molecule has 7 heteroatoms. The minimum atomic E-state index is -1.31. The zero-order valence-electron chi connectivity index (χ0n) is 15.2. The van der Waals surface area contributed by atoms with Gasteiger partial charge in [-0.05, 0) is 25.3 Å². The lowest BCUT2D eigenvalue weighted by atomic mass is 10.1. The largest absolute Gasteiger partial charge is 0.492 e. The van der Waals surface area contributed by atoms with Crippen molar-refractivity contribution in [3.8, 4) is 5.75 Å². The molecule has 1 aliphatic carbocycles. The predicted molar refractivity (Wildman–Crippen MR) is 98.1 cm³/mol. The van der Waals surface area contributed by atoms with Gasteiger partial charge < -0.3 is 19.3 Å². The van der Waals surface area contributed by atoms with Crippen molar-refractivity contribution in [2.45, 2.75) is 38.6 Å². The average molecular weight is 362 g/mol. The van der Waals surface area contributed by atoms with Gasteiger partial charge in [0.2, 0.25) is 5.43 Å². The fourth-order valence-electron chi connectivity index (χ4n) is 3.29. The number of methoxy groups -OCH3 is 1. The first kappa shape index (κ1) is 18.2. The van der Waals surface area contributed by atoms with E-state index in [1.54, 1.807) is 16.5 Å². The summed E-state index contributed by atoms with van der Waals surface area (Å²) in [6.07, 6.45) is 5.00. The lowest BCUT2D eigenvalue weighted by molar-refractivity contribution is 0.0695. The number of ether oxygens (including phenoxy) is 1. The van der Waals surface area contributed by atoms with Crippen molar-refractivity contribution >= 4 is 22.6 Å². The highest BCUT2D eigenvalue weighted by molar-refractivity contribution is 5.97. The Morgan fingerprint density at radius 1 is 1.46 bits per heavy atom. The summed E-state index contributed by atoms with van der Waals surface area (Å²) in [4.78, 5) is 25.8. The maximum Gasteiger partial charge on any atom is 0.341 e. The first-order chi connectivity index (χ1) is 12.4. The van der Waals surface area contributed by atoms with Crippen LogP contribution in [0.1, 0.15) is 49.0 Å². The van der Waals surface area contributed by atoms with Crippen molar-refractivity contribution in [1.29, 1.82) is 0 Å². The van der Waals surface area contributed by atoms with Gasteiger partial charge in [-0.1, -0.05) is 13.3 Å². The topological polar surface area (TPSA) is 71.8 Å². The van der Waals surface area contributed by atoms with E-state index in [0.29, 0.717) is 17.7 Å². The number of carboxylic acid groups (broad SMARTS) is 1. The van der Waals surface area contributed by atoms with E-state index in [9.17, 15) is 19.1 Å². The van der Waals surface area contributed by atoms with Crippen LogP contribution >= 0.6 is 0 Å². The van der Waals surface area contributed by atoms with Gasteiger partial charge in [-0.3, -0.25) is 4.79 Å². The van der Waals surface area contributed by atoms with Crippen LogP contribution in [0.3, 0.4) is 0 Å². The Bertz CT molecular complexity index is 918. The van der Waals surface area contributed by atoms with E-state index in [-0.39, 0.29) is 22.7 Å². The number of rotatable bonds is 7. The minimum absolute atomic E-state index is 0.0405. The molecule has 1 N–H and O–H groups in total. The number of carbonyl (C=O) groups is 1. The van der Waals surface area contributed by atoms with E-state index in [2.05, 4.69) is 6.92 Å². The highest BCUT2D eigenvalue weighted by Gasteiger charge is 2.30. The third kappa shape index (κ3) is 3.02. The highest BCUT2D eigenvalue weighted by Crippen LogP contribution is 2.43. The fraction of sp³-hybridized carbons (Fsp3) is 0.474. The number of nitrogens with zero attached hydrogens (tertiary/aromatic N) is 2. The van der Waals surface area contributed by atoms with Crippen LogP contribution in [0.15, 0.2) is 17.1 Å². The van der Waals surface area contributed by atoms with E-state index in [0.717, 1.165) is 31.7 Å². The predicted octanol–water partition coefficient (Wildman–Crippen LogP) is 3.42. The number of fused-ring (bicyclic) bond motifs is 1. The summed E-state index contributed by atoms with van der Waals surface area (Å²) in [5.41, 5.74) is -0.280.